The molecule has 0 aliphatic carbocycles. The van der Waals surface area contributed by atoms with Crippen LogP contribution in [-0.2, 0) is 0 Å². The average molecular weight is 394 g/mol. The van der Waals surface area contributed by atoms with Gasteiger partial charge in [-0.15, -0.1) is 0 Å². The van der Waals surface area contributed by atoms with Crippen LogP contribution < -0.4 is 4.90 Å². The summed E-state index contributed by atoms with van der Waals surface area (Å²) in [5, 5.41) is 20.7. The zero-order valence-electron chi connectivity index (χ0n) is 10.9. The maximum absolute atomic E-state index is 13.8. The first kappa shape index (κ1) is 15.4. The standard InChI is InChI=1S/C13H16FIN2O3/c14-10-6-12(13(17(19)20)7-11(10)15)16-5-3-1-2-4-9(16)8-18/h6-7,9,18H,1-5,8H2. The minimum absolute atomic E-state index is 0.0786. The molecule has 0 spiro atoms. The van der Waals surface area contributed by atoms with Gasteiger partial charge in [-0.2, -0.15) is 0 Å². The van der Waals surface area contributed by atoms with Gasteiger partial charge in [0.2, 0.25) is 0 Å². The van der Waals surface area contributed by atoms with Gasteiger partial charge in [-0.1, -0.05) is 12.8 Å². The molecule has 0 radical (unpaired) electrons. The minimum atomic E-state index is -0.490. The summed E-state index contributed by atoms with van der Waals surface area (Å²) in [5.74, 6) is -0.466. The lowest BCUT2D eigenvalue weighted by molar-refractivity contribution is -0.384. The molecule has 1 aromatic rings. The van der Waals surface area contributed by atoms with Gasteiger partial charge in [0.05, 0.1) is 21.1 Å². The number of hydrogen-bond donors (Lipinski definition) is 1. The molecule has 1 aromatic carbocycles. The van der Waals surface area contributed by atoms with E-state index in [1.54, 1.807) is 27.5 Å². The van der Waals surface area contributed by atoms with Crippen molar-refractivity contribution in [1.82, 2.24) is 0 Å². The number of hydrogen-bond acceptors (Lipinski definition) is 4. The SMILES string of the molecule is O=[N+]([O-])c1cc(I)c(F)cc1N1CCCCCC1CO. The summed E-state index contributed by atoms with van der Waals surface area (Å²) >= 11 is 1.75. The van der Waals surface area contributed by atoms with Crippen LogP contribution in [0.15, 0.2) is 12.1 Å². The summed E-state index contributed by atoms with van der Waals surface area (Å²) in [7, 11) is 0. The van der Waals surface area contributed by atoms with Crippen molar-refractivity contribution in [2.75, 3.05) is 18.1 Å². The highest BCUT2D eigenvalue weighted by Crippen LogP contribution is 2.34. The van der Waals surface area contributed by atoms with Crippen molar-refractivity contribution < 1.29 is 14.4 Å². The Bertz CT molecular complexity index is 513. The van der Waals surface area contributed by atoms with E-state index < -0.39 is 10.7 Å². The summed E-state index contributed by atoms with van der Waals surface area (Å²) in [5.41, 5.74) is 0.171. The van der Waals surface area contributed by atoms with Crippen LogP contribution in [0, 0.1) is 19.5 Å². The molecule has 0 saturated carbocycles. The van der Waals surface area contributed by atoms with Crippen molar-refractivity contribution in [3.05, 3.63) is 31.6 Å². The third kappa shape index (κ3) is 3.20. The molecular weight excluding hydrogens is 378 g/mol. The van der Waals surface area contributed by atoms with E-state index in [9.17, 15) is 19.6 Å². The molecule has 1 saturated heterocycles. The second-order valence-corrected chi connectivity index (χ2v) is 6.05. The smallest absolute Gasteiger partial charge is 0.293 e. The lowest BCUT2D eigenvalue weighted by Crippen LogP contribution is -2.38. The van der Waals surface area contributed by atoms with Gasteiger partial charge in [-0.3, -0.25) is 10.1 Å². The molecule has 1 atom stereocenters. The predicted molar refractivity (Wildman–Crippen MR) is 82.5 cm³/mol. The molecular formula is C13H16FIN2O3. The molecule has 7 heteroatoms. The van der Waals surface area contributed by atoms with Gasteiger partial charge >= 0.3 is 0 Å². The van der Waals surface area contributed by atoms with Crippen molar-refractivity contribution in [3.63, 3.8) is 0 Å². The molecule has 0 aromatic heterocycles. The Balaban J connectivity index is 2.47. The number of nitrogens with zero attached hydrogens (tertiary/aromatic N) is 2. The average Bonchev–Trinajstić information content (AvgIpc) is 2.66. The molecule has 0 bridgehead atoms. The molecule has 20 heavy (non-hydrogen) atoms. The van der Waals surface area contributed by atoms with Crippen molar-refractivity contribution in [2.24, 2.45) is 0 Å². The van der Waals surface area contributed by atoms with E-state index in [1.807, 2.05) is 0 Å². The van der Waals surface area contributed by atoms with Crippen LogP contribution in [0.2, 0.25) is 0 Å². The predicted octanol–water partition coefficient (Wildman–Crippen LogP) is 3.08. The zero-order valence-corrected chi connectivity index (χ0v) is 13.0. The Labute approximate surface area is 130 Å². The van der Waals surface area contributed by atoms with Gasteiger partial charge in [0.25, 0.3) is 5.69 Å². The number of aliphatic hydroxyl groups excluding tert-OH is 1. The van der Waals surface area contributed by atoms with Crippen LogP contribution in [0.5, 0.6) is 0 Å². The van der Waals surface area contributed by atoms with Crippen LogP contribution in [0.25, 0.3) is 0 Å². The topological polar surface area (TPSA) is 66.6 Å². The van der Waals surface area contributed by atoms with Gasteiger partial charge in [0.15, 0.2) is 0 Å². The second-order valence-electron chi connectivity index (χ2n) is 4.89. The van der Waals surface area contributed by atoms with Crippen molar-refractivity contribution >= 4 is 34.0 Å². The Hall–Kier alpha value is -0.960. The molecule has 1 N–H and O–H groups in total. The number of nitro benzene ring substituents is 1. The Morgan fingerprint density at radius 2 is 2.20 bits per heavy atom. The first-order valence-electron chi connectivity index (χ1n) is 6.55. The van der Waals surface area contributed by atoms with Crippen molar-refractivity contribution in [3.8, 4) is 0 Å². The van der Waals surface area contributed by atoms with Gasteiger partial charge in [0, 0.05) is 18.7 Å². The lowest BCUT2D eigenvalue weighted by atomic mass is 10.1. The maximum atomic E-state index is 13.8. The third-order valence-electron chi connectivity index (χ3n) is 3.61. The van der Waals surface area contributed by atoms with Gasteiger partial charge in [0.1, 0.15) is 11.5 Å². The van der Waals surface area contributed by atoms with E-state index in [0.717, 1.165) is 25.7 Å². The highest BCUT2D eigenvalue weighted by molar-refractivity contribution is 14.1. The Morgan fingerprint density at radius 1 is 1.45 bits per heavy atom. The van der Waals surface area contributed by atoms with E-state index in [2.05, 4.69) is 0 Å². The monoisotopic (exact) mass is 394 g/mol. The fourth-order valence-electron chi connectivity index (χ4n) is 2.59. The molecule has 110 valence electrons. The maximum Gasteiger partial charge on any atom is 0.293 e. The number of rotatable bonds is 3. The molecule has 1 unspecified atom stereocenters. The normalized spacial score (nSPS) is 19.8. The summed E-state index contributed by atoms with van der Waals surface area (Å²) in [6, 6.07) is 2.29. The lowest BCUT2D eigenvalue weighted by Gasteiger charge is -2.30. The Morgan fingerprint density at radius 3 is 2.85 bits per heavy atom. The molecule has 0 amide bonds. The number of halogens is 2. The second kappa shape index (κ2) is 6.66. The van der Waals surface area contributed by atoms with E-state index in [1.165, 1.54) is 12.1 Å². The summed E-state index contributed by atoms with van der Waals surface area (Å²) in [6.07, 6.45) is 3.65. The van der Waals surface area contributed by atoms with Gasteiger partial charge in [-0.25, -0.2) is 4.39 Å². The van der Waals surface area contributed by atoms with Gasteiger partial charge < -0.3 is 10.0 Å². The summed E-state index contributed by atoms with van der Waals surface area (Å²) < 4.78 is 14.0. The van der Waals surface area contributed by atoms with Crippen LogP contribution >= 0.6 is 22.6 Å². The molecule has 2 rings (SSSR count). The van der Waals surface area contributed by atoms with Crippen LogP contribution in [0.4, 0.5) is 15.8 Å². The largest absolute Gasteiger partial charge is 0.394 e. The minimum Gasteiger partial charge on any atom is -0.394 e. The van der Waals surface area contributed by atoms with E-state index in [4.69, 9.17) is 0 Å². The molecule has 5 nitrogen and oxygen atoms in total. The highest BCUT2D eigenvalue weighted by Gasteiger charge is 2.28. The molecule has 1 heterocycles. The van der Waals surface area contributed by atoms with E-state index in [0.29, 0.717) is 6.54 Å². The fraction of sp³-hybridized carbons (Fsp3) is 0.538. The third-order valence-corrected chi connectivity index (χ3v) is 4.44. The molecule has 1 aliphatic rings. The molecule has 1 fully saturated rings. The van der Waals surface area contributed by atoms with Gasteiger partial charge in [-0.05, 0) is 35.4 Å². The quantitative estimate of drug-likeness (QED) is 0.486. The highest BCUT2D eigenvalue weighted by atomic mass is 127. The molecule has 1 aliphatic heterocycles. The summed E-state index contributed by atoms with van der Waals surface area (Å²) in [4.78, 5) is 12.5. The Kier molecular flexibility index (Phi) is 5.14. The summed E-state index contributed by atoms with van der Waals surface area (Å²) in [6.45, 7) is 0.525. The fourth-order valence-corrected chi connectivity index (χ4v) is 3.04. The van der Waals surface area contributed by atoms with E-state index >= 15 is 0 Å². The first-order valence-corrected chi connectivity index (χ1v) is 7.63. The van der Waals surface area contributed by atoms with Crippen molar-refractivity contribution in [1.29, 1.82) is 0 Å². The van der Waals surface area contributed by atoms with Crippen molar-refractivity contribution in [2.45, 2.75) is 31.7 Å². The number of aliphatic hydroxyl groups is 1. The first-order chi connectivity index (χ1) is 9.54. The number of nitro groups is 1. The number of anilines is 1. The van der Waals surface area contributed by atoms with Crippen LogP contribution in [0.3, 0.4) is 0 Å². The van der Waals surface area contributed by atoms with Crippen LogP contribution in [-0.4, -0.2) is 29.2 Å². The van der Waals surface area contributed by atoms with Crippen LogP contribution in [0.1, 0.15) is 25.7 Å². The zero-order chi connectivity index (χ0) is 14.7. The van der Waals surface area contributed by atoms with E-state index in [-0.39, 0.29) is 27.6 Å². The number of benzene rings is 1.